The van der Waals surface area contributed by atoms with Crippen LogP contribution in [0.2, 0.25) is 0 Å². The first-order valence-corrected chi connectivity index (χ1v) is 10.2. The van der Waals surface area contributed by atoms with Crippen LogP contribution >= 0.6 is 24.0 Å². The number of hydrogen-bond acceptors (Lipinski definition) is 3. The molecule has 1 aliphatic heterocycles. The van der Waals surface area contributed by atoms with Gasteiger partial charge >= 0.3 is 0 Å². The summed E-state index contributed by atoms with van der Waals surface area (Å²) in [6.45, 7) is 5.25. The molecule has 2 fully saturated rings. The highest BCUT2D eigenvalue weighted by atomic mass is 127. The van der Waals surface area contributed by atoms with Crippen LogP contribution in [-0.4, -0.2) is 62.1 Å². The molecular weight excluding hydrogens is 465 g/mol. The molecule has 1 aromatic carbocycles. The number of hydrogen-bond donors (Lipinski definition) is 3. The zero-order valence-electron chi connectivity index (χ0n) is 17.0. The van der Waals surface area contributed by atoms with Crippen LogP contribution in [0, 0.1) is 0 Å². The lowest BCUT2D eigenvalue weighted by Gasteiger charge is -2.32. The molecule has 1 amide bonds. The van der Waals surface area contributed by atoms with Crippen molar-refractivity contribution in [2.75, 3.05) is 33.2 Å². The van der Waals surface area contributed by atoms with E-state index in [4.69, 9.17) is 0 Å². The van der Waals surface area contributed by atoms with Crippen molar-refractivity contribution in [2.24, 2.45) is 4.99 Å². The summed E-state index contributed by atoms with van der Waals surface area (Å²) in [5, 5.41) is 10.1. The van der Waals surface area contributed by atoms with E-state index in [0.717, 1.165) is 51.3 Å². The third-order valence-corrected chi connectivity index (χ3v) is 5.43. The number of likely N-dealkylation sites (tertiary alicyclic amines) is 1. The minimum atomic E-state index is 0. The summed E-state index contributed by atoms with van der Waals surface area (Å²) in [4.78, 5) is 18.5. The van der Waals surface area contributed by atoms with Gasteiger partial charge in [0.25, 0.3) is 0 Å². The van der Waals surface area contributed by atoms with E-state index in [1.165, 1.54) is 5.56 Å². The van der Waals surface area contributed by atoms with Crippen molar-refractivity contribution in [2.45, 2.75) is 50.6 Å². The number of amides is 1. The van der Waals surface area contributed by atoms with Gasteiger partial charge < -0.3 is 16.0 Å². The number of aliphatic imine (C=N–C) groups is 1. The van der Waals surface area contributed by atoms with Crippen molar-refractivity contribution in [3.8, 4) is 0 Å². The number of halogens is 1. The lowest BCUT2D eigenvalue weighted by atomic mass is 10.1. The van der Waals surface area contributed by atoms with Gasteiger partial charge in [-0.3, -0.25) is 14.7 Å². The second kappa shape index (κ2) is 11.6. The Labute approximate surface area is 186 Å². The van der Waals surface area contributed by atoms with Crippen LogP contribution in [0.1, 0.15) is 44.1 Å². The maximum atomic E-state index is 11.9. The standard InChI is InChI=1S/C21H33N5O.HI/c1-3-11-23-20(27)15-26-12-9-17(10-13-26)24-21(22-2)25-19-14-18(19)16-7-5-4-6-8-16;/h4-8,17-19H,3,9-15H2,1-2H3,(H,23,27)(H2,22,24,25);1H. The second-order valence-corrected chi connectivity index (χ2v) is 7.62. The second-order valence-electron chi connectivity index (χ2n) is 7.62. The van der Waals surface area contributed by atoms with Crippen molar-refractivity contribution >= 4 is 35.8 Å². The van der Waals surface area contributed by atoms with Gasteiger partial charge in [0.1, 0.15) is 0 Å². The number of guanidine groups is 1. The normalized spacial score (nSPS) is 22.9. The van der Waals surface area contributed by atoms with Gasteiger partial charge in [-0.1, -0.05) is 37.3 Å². The van der Waals surface area contributed by atoms with E-state index in [1.54, 1.807) is 0 Å². The molecule has 3 rings (SSSR count). The first-order chi connectivity index (χ1) is 13.2. The average molecular weight is 499 g/mol. The molecule has 1 saturated carbocycles. The fourth-order valence-corrected chi connectivity index (χ4v) is 3.72. The van der Waals surface area contributed by atoms with Crippen LogP contribution in [0.4, 0.5) is 0 Å². The zero-order valence-corrected chi connectivity index (χ0v) is 19.3. The SMILES string of the molecule is CCCNC(=O)CN1CCC(NC(=NC)NC2CC2c2ccccc2)CC1.I. The van der Waals surface area contributed by atoms with E-state index >= 15 is 0 Å². The predicted molar refractivity (Wildman–Crippen MR) is 125 cm³/mol. The van der Waals surface area contributed by atoms with Gasteiger partial charge in [-0.2, -0.15) is 0 Å². The van der Waals surface area contributed by atoms with Crippen molar-refractivity contribution in [3.63, 3.8) is 0 Å². The first kappa shape index (κ1) is 22.9. The monoisotopic (exact) mass is 499 g/mol. The van der Waals surface area contributed by atoms with E-state index in [1.807, 2.05) is 7.05 Å². The number of piperidine rings is 1. The Balaban J connectivity index is 0.00000280. The van der Waals surface area contributed by atoms with Gasteiger partial charge in [-0.25, -0.2) is 0 Å². The smallest absolute Gasteiger partial charge is 0.234 e. The summed E-state index contributed by atoms with van der Waals surface area (Å²) in [6, 6.07) is 11.6. The van der Waals surface area contributed by atoms with Crippen LogP contribution in [-0.2, 0) is 4.79 Å². The number of nitrogens with zero attached hydrogens (tertiary/aromatic N) is 2. The Morgan fingerprint density at radius 3 is 2.54 bits per heavy atom. The Morgan fingerprint density at radius 2 is 1.89 bits per heavy atom. The predicted octanol–water partition coefficient (Wildman–Crippen LogP) is 2.32. The first-order valence-electron chi connectivity index (χ1n) is 10.2. The lowest BCUT2D eigenvalue weighted by molar-refractivity contribution is -0.122. The molecule has 2 atom stereocenters. The van der Waals surface area contributed by atoms with Gasteiger partial charge in [0.05, 0.1) is 6.54 Å². The molecule has 1 saturated heterocycles. The molecule has 2 aliphatic rings. The molecule has 0 radical (unpaired) electrons. The molecule has 6 nitrogen and oxygen atoms in total. The van der Waals surface area contributed by atoms with Gasteiger partial charge in [0.2, 0.25) is 5.91 Å². The van der Waals surface area contributed by atoms with Crippen LogP contribution in [0.3, 0.4) is 0 Å². The lowest BCUT2D eigenvalue weighted by Crippen LogP contribution is -2.50. The van der Waals surface area contributed by atoms with Crippen molar-refractivity contribution in [1.29, 1.82) is 0 Å². The summed E-state index contributed by atoms with van der Waals surface area (Å²) < 4.78 is 0. The summed E-state index contributed by atoms with van der Waals surface area (Å²) in [7, 11) is 1.84. The maximum Gasteiger partial charge on any atom is 0.234 e. The van der Waals surface area contributed by atoms with Crippen LogP contribution in [0.25, 0.3) is 0 Å². The third kappa shape index (κ3) is 6.92. The molecule has 2 unspecified atom stereocenters. The number of nitrogens with one attached hydrogen (secondary N) is 3. The number of benzene rings is 1. The van der Waals surface area contributed by atoms with E-state index in [-0.39, 0.29) is 29.9 Å². The maximum absolute atomic E-state index is 11.9. The van der Waals surface area contributed by atoms with E-state index in [0.29, 0.717) is 24.5 Å². The highest BCUT2D eigenvalue weighted by molar-refractivity contribution is 14.0. The third-order valence-electron chi connectivity index (χ3n) is 5.43. The Hall–Kier alpha value is -1.35. The highest BCUT2D eigenvalue weighted by Gasteiger charge is 2.39. The summed E-state index contributed by atoms with van der Waals surface area (Å²) in [5.74, 6) is 1.63. The summed E-state index contributed by atoms with van der Waals surface area (Å²) in [6.07, 6.45) is 4.22. The number of carbonyl (C=O) groups excluding carboxylic acids is 1. The molecule has 1 aromatic rings. The topological polar surface area (TPSA) is 68.8 Å². The summed E-state index contributed by atoms with van der Waals surface area (Å²) >= 11 is 0. The molecule has 156 valence electrons. The number of carbonyl (C=O) groups is 1. The number of rotatable bonds is 7. The van der Waals surface area contributed by atoms with Gasteiger partial charge in [0, 0.05) is 44.7 Å². The van der Waals surface area contributed by atoms with E-state index in [9.17, 15) is 4.79 Å². The van der Waals surface area contributed by atoms with Crippen LogP contribution < -0.4 is 16.0 Å². The quantitative estimate of drug-likeness (QED) is 0.306. The molecule has 1 aliphatic carbocycles. The van der Waals surface area contributed by atoms with Crippen LogP contribution in [0.15, 0.2) is 35.3 Å². The fourth-order valence-electron chi connectivity index (χ4n) is 3.72. The molecule has 3 N–H and O–H groups in total. The Bertz CT molecular complexity index is 631. The molecule has 0 bridgehead atoms. The van der Waals surface area contributed by atoms with E-state index < -0.39 is 0 Å². The molecule has 28 heavy (non-hydrogen) atoms. The van der Waals surface area contributed by atoms with Gasteiger partial charge in [0.15, 0.2) is 5.96 Å². The Morgan fingerprint density at radius 1 is 1.18 bits per heavy atom. The van der Waals surface area contributed by atoms with Crippen molar-refractivity contribution < 1.29 is 4.79 Å². The molecule has 7 heteroatoms. The van der Waals surface area contributed by atoms with Gasteiger partial charge in [-0.05, 0) is 31.2 Å². The Kier molecular flexibility index (Phi) is 9.50. The average Bonchev–Trinajstić information content (AvgIpc) is 3.47. The minimum absolute atomic E-state index is 0. The molecular formula is C21H34IN5O. The highest BCUT2D eigenvalue weighted by Crippen LogP contribution is 2.40. The summed E-state index contributed by atoms with van der Waals surface area (Å²) in [5.41, 5.74) is 1.40. The zero-order chi connectivity index (χ0) is 19.1. The molecule has 0 aromatic heterocycles. The molecule has 1 heterocycles. The van der Waals surface area contributed by atoms with Crippen molar-refractivity contribution in [3.05, 3.63) is 35.9 Å². The van der Waals surface area contributed by atoms with Gasteiger partial charge in [-0.15, -0.1) is 24.0 Å². The van der Waals surface area contributed by atoms with Crippen LogP contribution in [0.5, 0.6) is 0 Å². The minimum Gasteiger partial charge on any atom is -0.355 e. The fraction of sp³-hybridized carbons (Fsp3) is 0.619. The molecule has 0 spiro atoms. The largest absolute Gasteiger partial charge is 0.355 e. The van der Waals surface area contributed by atoms with Crippen molar-refractivity contribution in [1.82, 2.24) is 20.9 Å². The van der Waals surface area contributed by atoms with E-state index in [2.05, 4.69) is 63.1 Å².